The second-order valence-corrected chi connectivity index (χ2v) is 4.03. The Morgan fingerprint density at radius 2 is 2.47 bits per heavy atom. The molecule has 0 spiro atoms. The average molecular weight is 207 g/mol. The molecule has 0 radical (unpaired) electrons. The number of allylic oxidation sites excluding steroid dienone is 1. The summed E-state index contributed by atoms with van der Waals surface area (Å²) in [5, 5.41) is 8.71. The van der Waals surface area contributed by atoms with Gasteiger partial charge in [0.05, 0.1) is 0 Å². The molecule has 0 bridgehead atoms. The van der Waals surface area contributed by atoms with E-state index in [-0.39, 0.29) is 11.8 Å². The van der Waals surface area contributed by atoms with Crippen molar-refractivity contribution in [2.24, 2.45) is 0 Å². The van der Waals surface area contributed by atoms with Crippen LogP contribution in [0.15, 0.2) is 31.0 Å². The van der Waals surface area contributed by atoms with Crippen LogP contribution >= 0.6 is 0 Å². The number of carboxylic acid groups (broad SMARTS) is 1. The predicted molar refractivity (Wildman–Crippen MR) is 59.8 cm³/mol. The number of nitrogens with one attached hydrogen (secondary N) is 1. The third-order valence-electron chi connectivity index (χ3n) is 2.73. The predicted octanol–water partition coefficient (Wildman–Crippen LogP) is 2.71. The number of aliphatic carboxylic acids is 1. The van der Waals surface area contributed by atoms with Gasteiger partial charge in [-0.2, -0.15) is 0 Å². The van der Waals surface area contributed by atoms with Crippen LogP contribution in [-0.4, -0.2) is 16.1 Å². The van der Waals surface area contributed by atoms with Crippen molar-refractivity contribution in [3.05, 3.63) is 36.7 Å². The minimum Gasteiger partial charge on any atom is -0.481 e. The van der Waals surface area contributed by atoms with Gasteiger partial charge in [0.1, 0.15) is 0 Å². The van der Waals surface area contributed by atoms with Crippen LogP contribution in [0.4, 0.5) is 0 Å². The van der Waals surface area contributed by atoms with Gasteiger partial charge in [0.25, 0.3) is 0 Å². The van der Waals surface area contributed by atoms with Crippen molar-refractivity contribution in [2.75, 3.05) is 0 Å². The molecule has 1 heterocycles. The number of hydrogen-bond acceptors (Lipinski definition) is 1. The van der Waals surface area contributed by atoms with Gasteiger partial charge in [0.15, 0.2) is 0 Å². The maximum absolute atomic E-state index is 10.6. The molecule has 0 aliphatic rings. The number of carbonyl (C=O) groups is 1. The van der Waals surface area contributed by atoms with Crippen molar-refractivity contribution in [1.82, 2.24) is 4.98 Å². The van der Waals surface area contributed by atoms with Crippen LogP contribution in [0.1, 0.15) is 31.9 Å². The molecule has 82 valence electrons. The summed E-state index contributed by atoms with van der Waals surface area (Å²) in [6.45, 7) is 5.78. The summed E-state index contributed by atoms with van der Waals surface area (Å²) < 4.78 is 0. The van der Waals surface area contributed by atoms with E-state index in [0.29, 0.717) is 6.42 Å². The minimum absolute atomic E-state index is 0.149. The average Bonchev–Trinajstić information content (AvgIpc) is 2.68. The lowest BCUT2D eigenvalue weighted by Crippen LogP contribution is -2.23. The van der Waals surface area contributed by atoms with Gasteiger partial charge in [0.2, 0.25) is 0 Å². The largest absolute Gasteiger partial charge is 0.481 e. The molecule has 1 aromatic rings. The van der Waals surface area contributed by atoms with Gasteiger partial charge in [-0.3, -0.25) is 4.79 Å². The number of rotatable bonds is 6. The zero-order chi connectivity index (χ0) is 11.3. The molecule has 0 aromatic carbocycles. The molecule has 0 amide bonds. The van der Waals surface area contributed by atoms with Crippen LogP contribution in [0.5, 0.6) is 0 Å². The molecule has 15 heavy (non-hydrogen) atoms. The zero-order valence-electron chi connectivity index (χ0n) is 8.99. The van der Waals surface area contributed by atoms with E-state index in [9.17, 15) is 4.79 Å². The lowest BCUT2D eigenvalue weighted by Gasteiger charge is -2.26. The lowest BCUT2D eigenvalue weighted by molar-refractivity contribution is -0.137. The van der Waals surface area contributed by atoms with Crippen LogP contribution < -0.4 is 0 Å². The quantitative estimate of drug-likeness (QED) is 0.705. The van der Waals surface area contributed by atoms with Crippen LogP contribution in [0, 0.1) is 0 Å². The van der Waals surface area contributed by atoms with Crippen LogP contribution in [0.2, 0.25) is 0 Å². The van der Waals surface area contributed by atoms with Crippen LogP contribution in [0.25, 0.3) is 0 Å². The molecule has 1 aromatic heterocycles. The van der Waals surface area contributed by atoms with Crippen molar-refractivity contribution < 1.29 is 9.90 Å². The Labute approximate surface area is 89.8 Å². The van der Waals surface area contributed by atoms with E-state index in [1.807, 2.05) is 24.4 Å². The number of carboxylic acids is 1. The van der Waals surface area contributed by atoms with E-state index in [0.717, 1.165) is 12.1 Å². The molecular weight excluding hydrogens is 190 g/mol. The topological polar surface area (TPSA) is 53.1 Å². The fourth-order valence-electron chi connectivity index (χ4n) is 1.75. The molecule has 0 aliphatic carbocycles. The highest BCUT2D eigenvalue weighted by atomic mass is 16.4. The SMILES string of the molecule is C=CCC(C)(CCC(=O)O)c1ccc[nH]1. The molecule has 0 fully saturated rings. The van der Waals surface area contributed by atoms with Crippen molar-refractivity contribution in [1.29, 1.82) is 0 Å². The molecule has 0 saturated carbocycles. The Morgan fingerprint density at radius 1 is 1.73 bits per heavy atom. The lowest BCUT2D eigenvalue weighted by atomic mass is 9.79. The fraction of sp³-hybridized carbons (Fsp3) is 0.417. The highest BCUT2D eigenvalue weighted by Gasteiger charge is 2.26. The summed E-state index contributed by atoms with van der Waals surface area (Å²) in [6.07, 6.45) is 5.28. The molecule has 3 nitrogen and oxygen atoms in total. The standard InChI is InChI=1S/C12H17NO2/c1-3-7-12(2,8-6-11(14)15)10-5-4-9-13-10/h3-5,9,13H,1,6-8H2,2H3,(H,14,15). The second kappa shape index (κ2) is 4.82. The Morgan fingerprint density at radius 3 is 2.93 bits per heavy atom. The maximum Gasteiger partial charge on any atom is 0.303 e. The van der Waals surface area contributed by atoms with E-state index < -0.39 is 5.97 Å². The van der Waals surface area contributed by atoms with Crippen molar-refractivity contribution in [2.45, 2.75) is 31.6 Å². The Balaban J connectivity index is 2.78. The Kier molecular flexibility index (Phi) is 3.72. The smallest absolute Gasteiger partial charge is 0.303 e. The van der Waals surface area contributed by atoms with Crippen LogP contribution in [0.3, 0.4) is 0 Å². The molecule has 1 rings (SSSR count). The molecular formula is C12H17NO2. The van der Waals surface area contributed by atoms with Crippen LogP contribution in [-0.2, 0) is 10.2 Å². The van der Waals surface area contributed by atoms with E-state index in [1.54, 1.807) is 0 Å². The van der Waals surface area contributed by atoms with E-state index >= 15 is 0 Å². The summed E-state index contributed by atoms with van der Waals surface area (Å²) in [6, 6.07) is 3.92. The van der Waals surface area contributed by atoms with E-state index in [4.69, 9.17) is 5.11 Å². The first-order valence-electron chi connectivity index (χ1n) is 5.05. The molecule has 0 aliphatic heterocycles. The number of aromatic nitrogens is 1. The van der Waals surface area contributed by atoms with Gasteiger partial charge in [-0.05, 0) is 25.0 Å². The van der Waals surface area contributed by atoms with E-state index in [1.165, 1.54) is 0 Å². The summed E-state index contributed by atoms with van der Waals surface area (Å²) in [5.74, 6) is -0.753. The van der Waals surface area contributed by atoms with Gasteiger partial charge in [-0.15, -0.1) is 6.58 Å². The monoisotopic (exact) mass is 207 g/mol. The van der Waals surface area contributed by atoms with Crippen molar-refractivity contribution in [3.8, 4) is 0 Å². The highest BCUT2D eigenvalue weighted by Crippen LogP contribution is 2.31. The highest BCUT2D eigenvalue weighted by molar-refractivity contribution is 5.66. The molecule has 2 N–H and O–H groups in total. The number of H-pyrrole nitrogens is 1. The first kappa shape index (κ1) is 11.6. The van der Waals surface area contributed by atoms with E-state index in [2.05, 4.69) is 18.5 Å². The maximum atomic E-state index is 10.6. The van der Waals surface area contributed by atoms with Gasteiger partial charge < -0.3 is 10.1 Å². The zero-order valence-corrected chi connectivity index (χ0v) is 8.99. The first-order chi connectivity index (χ1) is 7.08. The molecule has 3 heteroatoms. The number of aromatic amines is 1. The fourth-order valence-corrected chi connectivity index (χ4v) is 1.75. The molecule has 1 atom stereocenters. The Hall–Kier alpha value is -1.51. The summed E-state index contributed by atoms with van der Waals surface area (Å²) in [5.41, 5.74) is 0.924. The first-order valence-corrected chi connectivity index (χ1v) is 5.05. The van der Waals surface area contributed by atoms with Gasteiger partial charge in [0, 0.05) is 23.7 Å². The summed E-state index contributed by atoms with van der Waals surface area (Å²) in [7, 11) is 0. The summed E-state index contributed by atoms with van der Waals surface area (Å²) >= 11 is 0. The van der Waals surface area contributed by atoms with Gasteiger partial charge in [-0.25, -0.2) is 0 Å². The van der Waals surface area contributed by atoms with Crippen molar-refractivity contribution in [3.63, 3.8) is 0 Å². The van der Waals surface area contributed by atoms with Gasteiger partial charge in [-0.1, -0.05) is 13.0 Å². The number of hydrogen-bond donors (Lipinski definition) is 2. The second-order valence-electron chi connectivity index (χ2n) is 4.03. The van der Waals surface area contributed by atoms with Gasteiger partial charge >= 0.3 is 5.97 Å². The summed E-state index contributed by atoms with van der Waals surface area (Å²) in [4.78, 5) is 13.7. The normalized spacial score (nSPS) is 14.5. The molecule has 1 unspecified atom stereocenters. The third kappa shape index (κ3) is 2.98. The van der Waals surface area contributed by atoms with Crippen molar-refractivity contribution >= 4 is 5.97 Å². The minimum atomic E-state index is -0.753. The third-order valence-corrected chi connectivity index (χ3v) is 2.73. The Bertz CT molecular complexity index is 329. The molecule has 0 saturated heterocycles.